The van der Waals surface area contributed by atoms with Gasteiger partial charge in [-0.15, -0.1) is 0 Å². The van der Waals surface area contributed by atoms with Gasteiger partial charge in [0.15, 0.2) is 0 Å². The van der Waals surface area contributed by atoms with E-state index in [1.54, 1.807) is 12.1 Å². The molecule has 0 aliphatic heterocycles. The first kappa shape index (κ1) is 15.4. The van der Waals surface area contributed by atoms with E-state index < -0.39 is 0 Å². The van der Waals surface area contributed by atoms with Crippen LogP contribution in [-0.4, -0.2) is 11.9 Å². The molecule has 21 heavy (non-hydrogen) atoms. The van der Waals surface area contributed by atoms with Crippen molar-refractivity contribution in [3.8, 4) is 0 Å². The van der Waals surface area contributed by atoms with Crippen LogP contribution in [0.15, 0.2) is 22.7 Å². The summed E-state index contributed by atoms with van der Waals surface area (Å²) in [4.78, 5) is 12.7. The van der Waals surface area contributed by atoms with Crippen LogP contribution in [0.1, 0.15) is 50.4 Å². The number of halogens is 2. The lowest BCUT2D eigenvalue weighted by Crippen LogP contribution is -2.52. The third kappa shape index (κ3) is 2.43. The van der Waals surface area contributed by atoms with Crippen molar-refractivity contribution >= 4 is 33.4 Å². The number of rotatable bonds is 2. The zero-order chi connectivity index (χ0) is 15.4. The zero-order valence-electron chi connectivity index (χ0n) is 12.7. The molecule has 3 unspecified atom stereocenters. The summed E-state index contributed by atoms with van der Waals surface area (Å²) < 4.78 is 0.788. The normalized spacial score (nSPS) is 33.2. The maximum Gasteiger partial charge on any atom is 0.252 e. The number of benzene rings is 1. The first-order valence-electron chi connectivity index (χ1n) is 7.50. The van der Waals surface area contributed by atoms with Gasteiger partial charge in [-0.2, -0.15) is 0 Å². The molecule has 2 aliphatic rings. The smallest absolute Gasteiger partial charge is 0.252 e. The predicted octanol–water partition coefficient (Wildman–Crippen LogP) is 5.05. The molecule has 3 atom stereocenters. The zero-order valence-corrected chi connectivity index (χ0v) is 15.0. The lowest BCUT2D eigenvalue weighted by Gasteiger charge is -2.43. The van der Waals surface area contributed by atoms with Gasteiger partial charge in [0.2, 0.25) is 0 Å². The highest BCUT2D eigenvalue weighted by Crippen LogP contribution is 2.62. The molecule has 0 aromatic heterocycles. The van der Waals surface area contributed by atoms with Crippen molar-refractivity contribution in [2.75, 3.05) is 0 Å². The van der Waals surface area contributed by atoms with Crippen LogP contribution in [0.5, 0.6) is 0 Å². The molecule has 1 amide bonds. The molecule has 2 bridgehead atoms. The molecule has 0 saturated heterocycles. The third-order valence-electron chi connectivity index (χ3n) is 5.72. The van der Waals surface area contributed by atoms with Gasteiger partial charge in [-0.05, 0) is 70.1 Å². The minimum absolute atomic E-state index is 0.0313. The minimum atomic E-state index is -0.0313. The predicted molar refractivity (Wildman–Crippen MR) is 89.6 cm³/mol. The van der Waals surface area contributed by atoms with Crippen LogP contribution < -0.4 is 5.32 Å². The van der Waals surface area contributed by atoms with Crippen molar-refractivity contribution < 1.29 is 4.79 Å². The van der Waals surface area contributed by atoms with E-state index in [0.29, 0.717) is 10.6 Å². The van der Waals surface area contributed by atoms with Crippen LogP contribution >= 0.6 is 27.5 Å². The molecule has 1 N–H and O–H groups in total. The summed E-state index contributed by atoms with van der Waals surface area (Å²) in [6, 6.07) is 5.56. The fourth-order valence-electron chi connectivity index (χ4n) is 4.54. The Morgan fingerprint density at radius 3 is 2.71 bits per heavy atom. The maximum atomic E-state index is 12.7. The first-order chi connectivity index (χ1) is 9.74. The molecule has 1 aromatic rings. The number of carbonyl (C=O) groups excluding carboxylic acids is 1. The summed E-state index contributed by atoms with van der Waals surface area (Å²) in [6.45, 7) is 6.90. The number of hydrogen-bond acceptors (Lipinski definition) is 1. The molecule has 0 radical (unpaired) electrons. The molecule has 0 spiro atoms. The largest absolute Gasteiger partial charge is 0.348 e. The molecule has 2 saturated carbocycles. The molecular weight excluding hydrogens is 350 g/mol. The number of amides is 1. The van der Waals surface area contributed by atoms with Crippen LogP contribution in [0.4, 0.5) is 0 Å². The van der Waals surface area contributed by atoms with Crippen LogP contribution in [0.3, 0.4) is 0 Å². The summed E-state index contributed by atoms with van der Waals surface area (Å²) in [7, 11) is 0. The summed E-state index contributed by atoms with van der Waals surface area (Å²) >= 11 is 9.47. The van der Waals surface area contributed by atoms with Crippen molar-refractivity contribution in [2.45, 2.75) is 46.1 Å². The molecule has 4 heteroatoms. The monoisotopic (exact) mass is 369 g/mol. The van der Waals surface area contributed by atoms with Crippen LogP contribution in [0.25, 0.3) is 0 Å². The van der Waals surface area contributed by atoms with Gasteiger partial charge in [0, 0.05) is 15.5 Å². The van der Waals surface area contributed by atoms with E-state index in [1.165, 1.54) is 19.3 Å². The van der Waals surface area contributed by atoms with E-state index in [0.717, 1.165) is 10.4 Å². The third-order valence-corrected chi connectivity index (χ3v) is 6.64. The highest BCUT2D eigenvalue weighted by Gasteiger charge is 2.59. The van der Waals surface area contributed by atoms with Gasteiger partial charge in [0.25, 0.3) is 5.91 Å². The Morgan fingerprint density at radius 2 is 2.10 bits per heavy atom. The standard InChI is InChI=1S/C17H21BrClNO/c1-16(2)10-6-7-17(3,9-10)15(16)20-14(21)12-8-11(19)4-5-13(12)18/h4-5,8,10,15H,6-7,9H2,1-3H3,(H,20,21). The molecule has 114 valence electrons. The Kier molecular flexibility index (Phi) is 3.65. The molecule has 2 nitrogen and oxygen atoms in total. The van der Waals surface area contributed by atoms with Crippen LogP contribution in [-0.2, 0) is 0 Å². The van der Waals surface area contributed by atoms with Crippen molar-refractivity contribution in [3.05, 3.63) is 33.3 Å². The van der Waals surface area contributed by atoms with Crippen LogP contribution in [0, 0.1) is 16.7 Å². The summed E-state index contributed by atoms with van der Waals surface area (Å²) in [6.07, 6.45) is 3.72. The molecule has 2 aliphatic carbocycles. The second kappa shape index (κ2) is 4.99. The number of hydrogen-bond donors (Lipinski definition) is 1. The Labute approximate surface area is 139 Å². The van der Waals surface area contributed by atoms with Gasteiger partial charge in [0.05, 0.1) is 5.56 Å². The fraction of sp³-hybridized carbons (Fsp3) is 0.588. The van der Waals surface area contributed by atoms with E-state index in [-0.39, 0.29) is 22.8 Å². The molecular formula is C17H21BrClNO. The van der Waals surface area contributed by atoms with Gasteiger partial charge < -0.3 is 5.32 Å². The number of fused-ring (bicyclic) bond motifs is 2. The SMILES string of the molecule is CC12CCC(C1)C(C)(C)C2NC(=O)c1cc(Cl)ccc1Br. The molecule has 1 aromatic carbocycles. The first-order valence-corrected chi connectivity index (χ1v) is 8.67. The van der Waals surface area contributed by atoms with E-state index in [9.17, 15) is 4.79 Å². The summed E-state index contributed by atoms with van der Waals surface area (Å²) in [5, 5.41) is 3.88. The van der Waals surface area contributed by atoms with Gasteiger partial charge in [0.1, 0.15) is 0 Å². The van der Waals surface area contributed by atoms with Gasteiger partial charge in [-0.1, -0.05) is 32.4 Å². The average Bonchev–Trinajstić information content (AvgIpc) is 2.88. The second-order valence-corrected chi connectivity index (χ2v) is 8.74. The highest BCUT2D eigenvalue weighted by molar-refractivity contribution is 9.10. The minimum Gasteiger partial charge on any atom is -0.348 e. The second-order valence-electron chi connectivity index (χ2n) is 7.45. The average molecular weight is 371 g/mol. The maximum absolute atomic E-state index is 12.7. The van der Waals surface area contributed by atoms with Crippen molar-refractivity contribution in [2.24, 2.45) is 16.7 Å². The molecule has 2 fully saturated rings. The Hall–Kier alpha value is -0.540. The summed E-state index contributed by atoms with van der Waals surface area (Å²) in [5.74, 6) is 0.687. The van der Waals surface area contributed by atoms with Crippen molar-refractivity contribution in [1.29, 1.82) is 0 Å². The number of nitrogens with one attached hydrogen (secondary N) is 1. The lowest BCUT2D eigenvalue weighted by atomic mass is 9.68. The Morgan fingerprint density at radius 1 is 1.38 bits per heavy atom. The lowest BCUT2D eigenvalue weighted by molar-refractivity contribution is 0.0737. The summed E-state index contributed by atoms with van der Waals surface area (Å²) in [5.41, 5.74) is 1.01. The fourth-order valence-corrected chi connectivity index (χ4v) is 5.14. The molecule has 3 rings (SSSR count). The van der Waals surface area contributed by atoms with Gasteiger partial charge in [-0.3, -0.25) is 4.79 Å². The van der Waals surface area contributed by atoms with E-state index in [4.69, 9.17) is 11.6 Å². The molecule has 0 heterocycles. The quantitative estimate of drug-likeness (QED) is 0.775. The highest BCUT2D eigenvalue weighted by atomic mass is 79.9. The Bertz CT molecular complexity index is 596. The van der Waals surface area contributed by atoms with Gasteiger partial charge >= 0.3 is 0 Å². The van der Waals surface area contributed by atoms with Crippen LogP contribution in [0.2, 0.25) is 5.02 Å². The van der Waals surface area contributed by atoms with Crippen molar-refractivity contribution in [1.82, 2.24) is 5.32 Å². The number of carbonyl (C=O) groups is 1. The van der Waals surface area contributed by atoms with E-state index >= 15 is 0 Å². The van der Waals surface area contributed by atoms with E-state index in [1.807, 2.05) is 6.07 Å². The van der Waals surface area contributed by atoms with E-state index in [2.05, 4.69) is 42.0 Å². The Balaban J connectivity index is 1.86. The van der Waals surface area contributed by atoms with Crippen molar-refractivity contribution in [3.63, 3.8) is 0 Å². The van der Waals surface area contributed by atoms with Gasteiger partial charge in [-0.25, -0.2) is 0 Å². The topological polar surface area (TPSA) is 29.1 Å².